The Balaban J connectivity index is 1.52. The molecule has 6 heteroatoms. The number of ether oxygens (including phenoxy) is 1. The molecule has 144 valence electrons. The summed E-state index contributed by atoms with van der Waals surface area (Å²) in [6.45, 7) is 3.34. The summed E-state index contributed by atoms with van der Waals surface area (Å²) in [5.41, 5.74) is 2.58. The summed E-state index contributed by atoms with van der Waals surface area (Å²) in [5, 5.41) is 4.19. The van der Waals surface area contributed by atoms with Crippen LogP contribution in [0.4, 0.5) is 0 Å². The number of benzene rings is 2. The number of piperidine rings is 1. The van der Waals surface area contributed by atoms with E-state index in [1.807, 2.05) is 60.4 Å². The third-order valence-corrected chi connectivity index (χ3v) is 5.12. The molecule has 2 heterocycles. The monoisotopic (exact) mass is 377 g/mol. The van der Waals surface area contributed by atoms with Gasteiger partial charge in [0.15, 0.2) is 5.82 Å². The van der Waals surface area contributed by atoms with Gasteiger partial charge in [-0.05, 0) is 44.0 Å². The predicted octanol–water partition coefficient (Wildman–Crippen LogP) is 4.07. The van der Waals surface area contributed by atoms with Gasteiger partial charge >= 0.3 is 0 Å². The van der Waals surface area contributed by atoms with Crippen molar-refractivity contribution in [3.63, 3.8) is 0 Å². The molecule has 1 aliphatic rings. The molecule has 1 aliphatic heterocycles. The fourth-order valence-corrected chi connectivity index (χ4v) is 3.66. The maximum Gasteiger partial charge on any atom is 0.261 e. The van der Waals surface area contributed by atoms with Crippen LogP contribution in [0.3, 0.4) is 0 Å². The second-order valence-corrected chi connectivity index (χ2v) is 7.12. The Bertz CT molecular complexity index is 982. The van der Waals surface area contributed by atoms with Gasteiger partial charge in [0.05, 0.1) is 12.7 Å². The van der Waals surface area contributed by atoms with Gasteiger partial charge in [-0.1, -0.05) is 35.0 Å². The third kappa shape index (κ3) is 3.63. The van der Waals surface area contributed by atoms with E-state index in [-0.39, 0.29) is 11.8 Å². The maximum absolute atomic E-state index is 12.9. The number of likely N-dealkylation sites (tertiary alicyclic amines) is 1. The van der Waals surface area contributed by atoms with Gasteiger partial charge in [0, 0.05) is 24.6 Å². The number of aryl methyl sites for hydroxylation is 1. The largest absolute Gasteiger partial charge is 0.496 e. The number of nitrogens with zero attached hydrogens (tertiary/aromatic N) is 3. The van der Waals surface area contributed by atoms with E-state index in [4.69, 9.17) is 9.26 Å². The van der Waals surface area contributed by atoms with Gasteiger partial charge in [-0.15, -0.1) is 0 Å². The normalized spacial score (nSPS) is 16.8. The van der Waals surface area contributed by atoms with Gasteiger partial charge in [0.1, 0.15) is 5.75 Å². The number of amides is 1. The highest BCUT2D eigenvalue weighted by Crippen LogP contribution is 2.31. The molecule has 1 atom stereocenters. The molecule has 0 unspecified atom stereocenters. The van der Waals surface area contributed by atoms with Gasteiger partial charge in [-0.25, -0.2) is 0 Å². The fraction of sp³-hybridized carbons (Fsp3) is 0.318. The topological polar surface area (TPSA) is 68.5 Å². The standard InChI is InChI=1S/C22H23N3O3/c1-15-7-5-8-16(13-15)22(26)25-12-6-9-17(14-25)20-23-21(28-24-20)18-10-3-4-11-19(18)27-2/h3-5,7-8,10-11,13,17H,6,9,12,14H2,1-2H3/t17-/m1/s1. The fourth-order valence-electron chi connectivity index (χ4n) is 3.66. The van der Waals surface area contributed by atoms with E-state index in [1.165, 1.54) is 0 Å². The number of aromatic nitrogens is 2. The number of carbonyl (C=O) groups is 1. The lowest BCUT2D eigenvalue weighted by atomic mass is 9.96. The van der Waals surface area contributed by atoms with Crippen molar-refractivity contribution < 1.29 is 14.1 Å². The summed E-state index contributed by atoms with van der Waals surface area (Å²) in [7, 11) is 1.62. The van der Waals surface area contributed by atoms with Crippen LogP contribution in [0.15, 0.2) is 53.1 Å². The molecule has 0 aliphatic carbocycles. The molecule has 6 nitrogen and oxygen atoms in total. The molecule has 1 saturated heterocycles. The zero-order chi connectivity index (χ0) is 19.5. The van der Waals surface area contributed by atoms with Gasteiger partial charge in [0.2, 0.25) is 0 Å². The second-order valence-electron chi connectivity index (χ2n) is 7.12. The van der Waals surface area contributed by atoms with Crippen molar-refractivity contribution in [1.82, 2.24) is 15.0 Å². The molecule has 28 heavy (non-hydrogen) atoms. The molecule has 0 radical (unpaired) electrons. The average Bonchev–Trinajstić information content (AvgIpc) is 3.23. The van der Waals surface area contributed by atoms with Crippen molar-refractivity contribution in [3.05, 3.63) is 65.5 Å². The summed E-state index contributed by atoms with van der Waals surface area (Å²) in [6.07, 6.45) is 1.85. The van der Waals surface area contributed by atoms with E-state index in [0.717, 1.165) is 36.1 Å². The van der Waals surface area contributed by atoms with Gasteiger partial charge in [-0.2, -0.15) is 4.98 Å². The summed E-state index contributed by atoms with van der Waals surface area (Å²) in [6, 6.07) is 15.3. The molecule has 2 aromatic carbocycles. The molecular weight excluding hydrogens is 354 g/mol. The SMILES string of the molecule is COc1ccccc1-c1nc([C@@H]2CCCN(C(=O)c3cccc(C)c3)C2)no1. The number of rotatable bonds is 4. The van der Waals surface area contributed by atoms with E-state index in [2.05, 4.69) is 10.1 Å². The van der Waals surface area contributed by atoms with Gasteiger partial charge < -0.3 is 14.2 Å². The Morgan fingerprint density at radius 2 is 2.07 bits per heavy atom. The third-order valence-electron chi connectivity index (χ3n) is 5.12. The highest BCUT2D eigenvalue weighted by molar-refractivity contribution is 5.94. The van der Waals surface area contributed by atoms with Crippen molar-refractivity contribution in [2.45, 2.75) is 25.7 Å². The number of methoxy groups -OCH3 is 1. The van der Waals surface area contributed by atoms with Gasteiger partial charge in [0.25, 0.3) is 11.8 Å². The highest BCUT2D eigenvalue weighted by Gasteiger charge is 2.29. The van der Waals surface area contributed by atoms with Crippen molar-refractivity contribution in [1.29, 1.82) is 0 Å². The Morgan fingerprint density at radius 3 is 2.89 bits per heavy atom. The molecule has 4 rings (SSSR count). The first-order chi connectivity index (χ1) is 13.7. The quantitative estimate of drug-likeness (QED) is 0.685. The maximum atomic E-state index is 12.9. The van der Waals surface area contributed by atoms with Crippen LogP contribution in [-0.2, 0) is 0 Å². The molecule has 0 bridgehead atoms. The molecule has 1 amide bonds. The molecular formula is C22H23N3O3. The van der Waals surface area contributed by atoms with E-state index < -0.39 is 0 Å². The van der Waals surface area contributed by atoms with Crippen molar-refractivity contribution in [2.24, 2.45) is 0 Å². The van der Waals surface area contributed by atoms with E-state index in [9.17, 15) is 4.79 Å². The molecule has 0 N–H and O–H groups in total. The Kier molecular flexibility index (Phi) is 5.10. The van der Waals surface area contributed by atoms with Crippen LogP contribution in [0.25, 0.3) is 11.5 Å². The number of hydrogen-bond acceptors (Lipinski definition) is 5. The first-order valence-corrected chi connectivity index (χ1v) is 9.48. The smallest absolute Gasteiger partial charge is 0.261 e. The van der Waals surface area contributed by atoms with E-state index >= 15 is 0 Å². The first kappa shape index (κ1) is 18.2. The molecule has 1 fully saturated rings. The van der Waals surface area contributed by atoms with Crippen LogP contribution in [-0.4, -0.2) is 41.1 Å². The van der Waals surface area contributed by atoms with Crippen LogP contribution in [0, 0.1) is 6.92 Å². The zero-order valence-electron chi connectivity index (χ0n) is 16.1. The Labute approximate surface area is 164 Å². The van der Waals surface area contributed by atoms with Crippen LogP contribution < -0.4 is 4.74 Å². The summed E-state index contributed by atoms with van der Waals surface area (Å²) in [5.74, 6) is 1.89. The minimum absolute atomic E-state index is 0.0573. The average molecular weight is 377 g/mol. The second kappa shape index (κ2) is 7.84. The summed E-state index contributed by atoms with van der Waals surface area (Å²) >= 11 is 0. The number of carbonyl (C=O) groups excluding carboxylic acids is 1. The lowest BCUT2D eigenvalue weighted by Gasteiger charge is -2.31. The molecule has 0 spiro atoms. The van der Waals surface area contributed by atoms with E-state index in [0.29, 0.717) is 24.0 Å². The molecule has 1 aromatic heterocycles. The van der Waals surface area contributed by atoms with Crippen molar-refractivity contribution in [3.8, 4) is 17.2 Å². The number of hydrogen-bond donors (Lipinski definition) is 0. The van der Waals surface area contributed by atoms with Crippen LogP contribution >= 0.6 is 0 Å². The minimum atomic E-state index is 0.0573. The van der Waals surface area contributed by atoms with Crippen LogP contribution in [0.1, 0.15) is 40.5 Å². The zero-order valence-corrected chi connectivity index (χ0v) is 16.1. The predicted molar refractivity (Wildman–Crippen MR) is 105 cm³/mol. The lowest BCUT2D eigenvalue weighted by molar-refractivity contribution is 0.0703. The Hall–Kier alpha value is -3.15. The molecule has 0 saturated carbocycles. The minimum Gasteiger partial charge on any atom is -0.496 e. The van der Waals surface area contributed by atoms with Crippen LogP contribution in [0.5, 0.6) is 5.75 Å². The van der Waals surface area contributed by atoms with Crippen LogP contribution in [0.2, 0.25) is 0 Å². The summed E-state index contributed by atoms with van der Waals surface area (Å²) in [4.78, 5) is 19.4. The first-order valence-electron chi connectivity index (χ1n) is 9.48. The highest BCUT2D eigenvalue weighted by atomic mass is 16.5. The Morgan fingerprint density at radius 1 is 1.21 bits per heavy atom. The van der Waals surface area contributed by atoms with Crippen molar-refractivity contribution >= 4 is 5.91 Å². The van der Waals surface area contributed by atoms with Crippen molar-refractivity contribution in [2.75, 3.05) is 20.2 Å². The molecule has 3 aromatic rings. The number of para-hydroxylation sites is 1. The summed E-state index contributed by atoms with van der Waals surface area (Å²) < 4.78 is 10.9. The lowest BCUT2D eigenvalue weighted by Crippen LogP contribution is -2.39. The van der Waals surface area contributed by atoms with Gasteiger partial charge in [-0.3, -0.25) is 4.79 Å². The van der Waals surface area contributed by atoms with E-state index in [1.54, 1.807) is 7.11 Å².